The number of H-pyrrole nitrogens is 1. The summed E-state index contributed by atoms with van der Waals surface area (Å²) in [5.74, 6) is 0. The molecule has 1 rings (SSSR count). The Balaban J connectivity index is 3.13. The predicted octanol–water partition coefficient (Wildman–Crippen LogP) is 1.84. The van der Waals surface area contributed by atoms with E-state index in [2.05, 4.69) is 9.97 Å². The Morgan fingerprint density at radius 2 is 2.20 bits per heavy atom. The third kappa shape index (κ3) is 2.31. The van der Waals surface area contributed by atoms with Crippen LogP contribution in [0, 0.1) is 6.92 Å². The standard InChI is InChI=1S/C8H10N2/c1-8-4-2-3-5-9-6-7-10-8/h2-7,9H,1H3. The van der Waals surface area contributed by atoms with Crippen LogP contribution in [0.4, 0.5) is 0 Å². The van der Waals surface area contributed by atoms with Gasteiger partial charge < -0.3 is 4.98 Å². The van der Waals surface area contributed by atoms with Crippen molar-refractivity contribution in [3.63, 3.8) is 0 Å². The Labute approximate surface area is 60.3 Å². The van der Waals surface area contributed by atoms with Gasteiger partial charge in [-0.05, 0) is 19.1 Å². The zero-order valence-corrected chi connectivity index (χ0v) is 5.91. The van der Waals surface area contributed by atoms with Gasteiger partial charge >= 0.3 is 0 Å². The van der Waals surface area contributed by atoms with Gasteiger partial charge in [0.1, 0.15) is 0 Å². The Hall–Kier alpha value is -1.31. The first-order valence-electron chi connectivity index (χ1n) is 3.18. The summed E-state index contributed by atoms with van der Waals surface area (Å²) < 4.78 is 0. The number of aryl methyl sites for hydroxylation is 1. The molecule has 2 heteroatoms. The first-order chi connectivity index (χ1) is 4.89. The maximum Gasteiger partial charge on any atom is 0.0431 e. The summed E-state index contributed by atoms with van der Waals surface area (Å²) in [6.07, 6.45) is 5.36. The molecule has 1 aromatic heterocycles. The highest BCUT2D eigenvalue weighted by molar-refractivity contribution is 4.96. The summed E-state index contributed by atoms with van der Waals surface area (Å²) in [4.78, 5) is 7.02. The molecule has 0 saturated heterocycles. The monoisotopic (exact) mass is 134 g/mol. The lowest BCUT2D eigenvalue weighted by Crippen LogP contribution is -1.68. The van der Waals surface area contributed by atoms with E-state index in [4.69, 9.17) is 0 Å². The number of rotatable bonds is 0. The summed E-state index contributed by atoms with van der Waals surface area (Å²) in [6, 6.07) is 5.82. The number of hydrogen-bond donors (Lipinski definition) is 1. The van der Waals surface area contributed by atoms with Crippen molar-refractivity contribution in [1.82, 2.24) is 9.97 Å². The van der Waals surface area contributed by atoms with Crippen molar-refractivity contribution in [3.05, 3.63) is 42.5 Å². The molecular formula is C8H10N2. The van der Waals surface area contributed by atoms with E-state index in [0.29, 0.717) is 0 Å². The van der Waals surface area contributed by atoms with Crippen LogP contribution in [-0.2, 0) is 0 Å². The van der Waals surface area contributed by atoms with Crippen LogP contribution in [0.25, 0.3) is 0 Å². The summed E-state index contributed by atoms with van der Waals surface area (Å²) in [7, 11) is 0. The second kappa shape index (κ2) is 3.67. The second-order valence-corrected chi connectivity index (χ2v) is 1.97. The quantitative estimate of drug-likeness (QED) is 0.576. The second-order valence-electron chi connectivity index (χ2n) is 1.97. The number of hydrogen-bond acceptors (Lipinski definition) is 1. The molecule has 0 amide bonds. The highest BCUT2D eigenvalue weighted by Crippen LogP contribution is 1.83. The molecule has 1 N–H and O–H groups in total. The highest BCUT2D eigenvalue weighted by Gasteiger charge is 1.71. The fraction of sp³-hybridized carbons (Fsp3) is 0.125. The molecule has 0 aliphatic carbocycles. The van der Waals surface area contributed by atoms with Crippen molar-refractivity contribution in [1.29, 1.82) is 0 Å². The molecule has 1 aromatic rings. The molecular weight excluding hydrogens is 124 g/mol. The Morgan fingerprint density at radius 3 is 3.10 bits per heavy atom. The van der Waals surface area contributed by atoms with Crippen LogP contribution in [0.1, 0.15) is 5.69 Å². The van der Waals surface area contributed by atoms with Crippen LogP contribution < -0.4 is 0 Å². The van der Waals surface area contributed by atoms with Gasteiger partial charge in [0.25, 0.3) is 0 Å². The molecule has 0 spiro atoms. The maximum absolute atomic E-state index is 4.09. The van der Waals surface area contributed by atoms with E-state index in [1.807, 2.05) is 31.3 Å². The zero-order valence-electron chi connectivity index (χ0n) is 5.91. The molecule has 0 fully saturated rings. The average molecular weight is 134 g/mol. The van der Waals surface area contributed by atoms with Crippen molar-refractivity contribution in [3.8, 4) is 0 Å². The molecule has 0 bridgehead atoms. The summed E-state index contributed by atoms with van der Waals surface area (Å²) >= 11 is 0. The first kappa shape index (κ1) is 6.81. The van der Waals surface area contributed by atoms with Gasteiger partial charge in [0.15, 0.2) is 0 Å². The van der Waals surface area contributed by atoms with Crippen LogP contribution in [0.2, 0.25) is 0 Å². The molecule has 10 heavy (non-hydrogen) atoms. The topological polar surface area (TPSA) is 28.7 Å². The van der Waals surface area contributed by atoms with E-state index in [-0.39, 0.29) is 0 Å². The fourth-order valence-electron chi connectivity index (χ4n) is 0.602. The lowest BCUT2D eigenvalue weighted by molar-refractivity contribution is 1.20. The summed E-state index contributed by atoms with van der Waals surface area (Å²) in [5.41, 5.74) is 1.00. The van der Waals surface area contributed by atoms with Crippen molar-refractivity contribution in [2.24, 2.45) is 0 Å². The van der Waals surface area contributed by atoms with E-state index in [1.165, 1.54) is 0 Å². The third-order valence-electron chi connectivity index (χ3n) is 1.09. The third-order valence-corrected chi connectivity index (χ3v) is 1.09. The average Bonchev–Trinajstić information content (AvgIpc) is 2.02. The van der Waals surface area contributed by atoms with Gasteiger partial charge in [-0.2, -0.15) is 0 Å². The lowest BCUT2D eigenvalue weighted by atomic mass is 10.4. The van der Waals surface area contributed by atoms with Crippen molar-refractivity contribution >= 4 is 0 Å². The normalized spacial score (nSPS) is 8.50. The SMILES string of the molecule is Cc1cccc[nH]ccn1. The van der Waals surface area contributed by atoms with Crippen molar-refractivity contribution in [2.75, 3.05) is 0 Å². The van der Waals surface area contributed by atoms with Gasteiger partial charge in [0.05, 0.1) is 0 Å². The van der Waals surface area contributed by atoms with Gasteiger partial charge in [-0.1, -0.05) is 6.07 Å². The Morgan fingerprint density at radius 1 is 1.30 bits per heavy atom. The van der Waals surface area contributed by atoms with Crippen LogP contribution in [0.3, 0.4) is 0 Å². The minimum absolute atomic E-state index is 1.00. The minimum Gasteiger partial charge on any atom is -0.366 e. The van der Waals surface area contributed by atoms with Crippen LogP contribution in [0.15, 0.2) is 36.8 Å². The van der Waals surface area contributed by atoms with Gasteiger partial charge in [-0.15, -0.1) is 0 Å². The zero-order chi connectivity index (χ0) is 7.23. The summed E-state index contributed by atoms with van der Waals surface area (Å²) in [6.45, 7) is 1.96. The van der Waals surface area contributed by atoms with Gasteiger partial charge in [-0.25, -0.2) is 0 Å². The van der Waals surface area contributed by atoms with E-state index < -0.39 is 0 Å². The lowest BCUT2D eigenvalue weighted by Gasteiger charge is -1.76. The molecule has 1 heterocycles. The number of nitrogens with zero attached hydrogens (tertiary/aromatic N) is 1. The van der Waals surface area contributed by atoms with Gasteiger partial charge in [0, 0.05) is 24.3 Å². The smallest absolute Gasteiger partial charge is 0.0431 e. The number of aromatic amines is 1. The molecule has 0 unspecified atom stereocenters. The van der Waals surface area contributed by atoms with Crippen LogP contribution >= 0.6 is 0 Å². The molecule has 0 aliphatic heterocycles. The summed E-state index contributed by atoms with van der Waals surface area (Å²) in [5, 5.41) is 0. The van der Waals surface area contributed by atoms with Crippen molar-refractivity contribution < 1.29 is 0 Å². The molecule has 0 aliphatic rings. The first-order valence-corrected chi connectivity index (χ1v) is 3.18. The van der Waals surface area contributed by atoms with Gasteiger partial charge in [0.2, 0.25) is 0 Å². The predicted molar refractivity (Wildman–Crippen MR) is 41.0 cm³/mol. The maximum atomic E-state index is 4.09. The van der Waals surface area contributed by atoms with E-state index in [9.17, 15) is 0 Å². The Kier molecular flexibility index (Phi) is 2.49. The molecule has 2 nitrogen and oxygen atoms in total. The molecule has 0 radical (unpaired) electrons. The van der Waals surface area contributed by atoms with Crippen LogP contribution in [-0.4, -0.2) is 9.97 Å². The molecule has 0 saturated carbocycles. The largest absolute Gasteiger partial charge is 0.366 e. The molecule has 52 valence electrons. The van der Waals surface area contributed by atoms with Crippen molar-refractivity contribution in [2.45, 2.75) is 6.92 Å². The molecule has 0 atom stereocenters. The fourth-order valence-corrected chi connectivity index (χ4v) is 0.602. The van der Waals surface area contributed by atoms with Gasteiger partial charge in [-0.3, -0.25) is 4.98 Å². The van der Waals surface area contributed by atoms with E-state index in [0.717, 1.165) is 5.69 Å². The van der Waals surface area contributed by atoms with Crippen LogP contribution in [0.5, 0.6) is 0 Å². The van der Waals surface area contributed by atoms with E-state index >= 15 is 0 Å². The minimum atomic E-state index is 1.00. The Bertz CT molecular complexity index is 215. The molecule has 0 aromatic carbocycles. The highest BCUT2D eigenvalue weighted by atomic mass is 14.7. The van der Waals surface area contributed by atoms with E-state index in [1.54, 1.807) is 12.4 Å². The number of aromatic nitrogens is 2. The number of nitrogens with one attached hydrogen (secondary N) is 1.